The van der Waals surface area contributed by atoms with Crippen LogP contribution in [-0.4, -0.2) is 25.8 Å². The molecule has 34 heavy (non-hydrogen) atoms. The average molecular weight is 454 g/mol. The first kappa shape index (κ1) is 21.4. The molecule has 5 aromatic rings. The number of aryl methyl sites for hydroxylation is 2. The average Bonchev–Trinajstić information content (AvgIpc) is 3.19. The first-order valence-electron chi connectivity index (χ1n) is 10.8. The summed E-state index contributed by atoms with van der Waals surface area (Å²) in [5.41, 5.74) is 3.77. The van der Waals surface area contributed by atoms with E-state index in [9.17, 15) is 14.7 Å². The van der Waals surface area contributed by atoms with Crippen LogP contribution in [0.2, 0.25) is 0 Å². The van der Waals surface area contributed by atoms with Crippen molar-refractivity contribution in [2.75, 3.05) is 5.32 Å². The summed E-state index contributed by atoms with van der Waals surface area (Å²) in [5, 5.41) is 18.4. The maximum atomic E-state index is 13.1. The third-order valence-corrected chi connectivity index (χ3v) is 5.83. The van der Waals surface area contributed by atoms with E-state index in [1.54, 1.807) is 54.3 Å². The number of hydrogen-bond acceptors (Lipinski definition) is 6. The Hall–Kier alpha value is -4.46. The lowest BCUT2D eigenvalue weighted by atomic mass is 10.0. The number of rotatable bonds is 5. The molecule has 0 saturated heterocycles. The highest BCUT2D eigenvalue weighted by molar-refractivity contribution is 5.94. The van der Waals surface area contributed by atoms with E-state index in [-0.39, 0.29) is 17.0 Å². The van der Waals surface area contributed by atoms with Gasteiger partial charge in [-0.05, 0) is 49.7 Å². The minimum atomic E-state index is -1.02. The van der Waals surface area contributed by atoms with Crippen molar-refractivity contribution >= 4 is 33.7 Å². The van der Waals surface area contributed by atoms with Gasteiger partial charge in [-0.3, -0.25) is 9.48 Å². The number of hydrogen-bond donors (Lipinski definition) is 2. The van der Waals surface area contributed by atoms with E-state index in [0.717, 1.165) is 16.5 Å². The zero-order valence-corrected chi connectivity index (χ0v) is 18.9. The summed E-state index contributed by atoms with van der Waals surface area (Å²) in [6.07, 6.45) is 1.73. The third kappa shape index (κ3) is 3.69. The van der Waals surface area contributed by atoms with Crippen LogP contribution in [0.5, 0.6) is 0 Å². The molecule has 170 valence electrons. The van der Waals surface area contributed by atoms with Crippen molar-refractivity contribution in [3.05, 3.63) is 87.7 Å². The van der Waals surface area contributed by atoms with Gasteiger partial charge in [-0.1, -0.05) is 18.2 Å². The number of benzene rings is 2. The molecule has 0 unspecified atom stereocenters. The normalized spacial score (nSPS) is 12.2. The highest BCUT2D eigenvalue weighted by Crippen LogP contribution is 2.31. The van der Waals surface area contributed by atoms with Crippen molar-refractivity contribution in [1.82, 2.24) is 14.8 Å². The van der Waals surface area contributed by atoms with Gasteiger partial charge in [0.25, 0.3) is 0 Å². The predicted molar refractivity (Wildman–Crippen MR) is 130 cm³/mol. The summed E-state index contributed by atoms with van der Waals surface area (Å²) >= 11 is 0. The highest BCUT2D eigenvalue weighted by atomic mass is 16.4. The van der Waals surface area contributed by atoms with Crippen molar-refractivity contribution in [3.8, 4) is 11.5 Å². The molecule has 2 aromatic carbocycles. The molecule has 0 aliphatic carbocycles. The molecular formula is C26H22N4O4. The van der Waals surface area contributed by atoms with E-state index in [2.05, 4.69) is 15.4 Å². The van der Waals surface area contributed by atoms with E-state index in [4.69, 9.17) is 4.42 Å². The number of carboxylic acids is 1. The fraction of sp³-hybridized carbons (Fsp3) is 0.154. The number of aromatic nitrogens is 3. The van der Waals surface area contributed by atoms with Gasteiger partial charge in [-0.25, -0.2) is 9.78 Å². The fourth-order valence-corrected chi connectivity index (χ4v) is 4.15. The zero-order valence-electron chi connectivity index (χ0n) is 18.9. The van der Waals surface area contributed by atoms with E-state index < -0.39 is 5.97 Å². The summed E-state index contributed by atoms with van der Waals surface area (Å²) in [4.78, 5) is 29.3. The Morgan fingerprint density at radius 1 is 1.15 bits per heavy atom. The number of pyridine rings is 1. The van der Waals surface area contributed by atoms with Crippen LogP contribution < -0.4 is 10.7 Å². The van der Waals surface area contributed by atoms with E-state index in [1.807, 2.05) is 26.0 Å². The smallest absolute Gasteiger partial charge is 0.337 e. The molecule has 2 N–H and O–H groups in total. The number of fused-ring (bicyclic) bond motifs is 2. The molecule has 0 radical (unpaired) electrons. The number of anilines is 1. The molecule has 5 rings (SSSR count). The number of para-hydroxylation sites is 1. The first-order chi connectivity index (χ1) is 16.3. The molecule has 3 aromatic heterocycles. The maximum Gasteiger partial charge on any atom is 0.337 e. The van der Waals surface area contributed by atoms with Crippen molar-refractivity contribution in [1.29, 1.82) is 0 Å². The van der Waals surface area contributed by atoms with Gasteiger partial charge in [0.15, 0.2) is 16.8 Å². The van der Waals surface area contributed by atoms with Crippen LogP contribution >= 0.6 is 0 Å². The maximum absolute atomic E-state index is 13.1. The monoisotopic (exact) mass is 454 g/mol. The second-order valence-corrected chi connectivity index (χ2v) is 8.30. The number of carbonyl (C=O) groups is 1. The second-order valence-electron chi connectivity index (χ2n) is 8.30. The largest absolute Gasteiger partial charge is 0.478 e. The van der Waals surface area contributed by atoms with Crippen molar-refractivity contribution < 1.29 is 14.3 Å². The van der Waals surface area contributed by atoms with Gasteiger partial charge < -0.3 is 14.8 Å². The lowest BCUT2D eigenvalue weighted by Crippen LogP contribution is -2.12. The summed E-state index contributed by atoms with van der Waals surface area (Å²) in [6, 6.07) is 15.2. The van der Waals surface area contributed by atoms with Gasteiger partial charge in [0.2, 0.25) is 0 Å². The zero-order chi connectivity index (χ0) is 24.0. The molecular weight excluding hydrogens is 432 g/mol. The quantitative estimate of drug-likeness (QED) is 0.388. The molecule has 1 atom stereocenters. The lowest BCUT2D eigenvalue weighted by Gasteiger charge is -2.19. The lowest BCUT2D eigenvalue weighted by molar-refractivity contribution is 0.0698. The molecule has 0 spiro atoms. The Morgan fingerprint density at radius 2 is 1.94 bits per heavy atom. The van der Waals surface area contributed by atoms with Crippen molar-refractivity contribution in [2.24, 2.45) is 7.05 Å². The Bertz CT molecular complexity index is 1630. The molecule has 0 saturated carbocycles. The SMILES string of the molecule is Cc1cc([C@@H](C)Nc2ccccc2C(=O)O)c2oc(-c3ccc4cnn(C)c4n3)cc(=O)c2c1. The standard InChI is InChI=1S/C26H22N4O4/c1-14-10-18(15(2)28-20-7-5-4-6-17(20)26(32)33)24-19(11-14)22(31)12-23(34-24)21-9-8-16-13-27-30(3)25(16)29-21/h4-13,15,28H,1-3H3,(H,32,33)/t15-/m1/s1. The van der Waals surface area contributed by atoms with Gasteiger partial charge in [0, 0.05) is 29.8 Å². The highest BCUT2D eigenvalue weighted by Gasteiger charge is 2.19. The summed E-state index contributed by atoms with van der Waals surface area (Å²) in [7, 11) is 1.80. The Kier molecular flexibility index (Phi) is 5.13. The van der Waals surface area contributed by atoms with Crippen LogP contribution in [-0.2, 0) is 7.05 Å². The number of nitrogens with zero attached hydrogens (tertiary/aromatic N) is 3. The van der Waals surface area contributed by atoms with Crippen LogP contribution in [0.15, 0.2) is 70.0 Å². The minimum absolute atomic E-state index is 0.169. The Morgan fingerprint density at radius 3 is 2.74 bits per heavy atom. The fourth-order valence-electron chi connectivity index (χ4n) is 4.15. The molecule has 8 heteroatoms. The molecule has 0 fully saturated rings. The third-order valence-electron chi connectivity index (χ3n) is 5.83. The summed E-state index contributed by atoms with van der Waals surface area (Å²) in [6.45, 7) is 3.81. The Balaban J connectivity index is 1.65. The van der Waals surface area contributed by atoms with Crippen LogP contribution in [0.4, 0.5) is 5.69 Å². The van der Waals surface area contributed by atoms with Gasteiger partial charge in [-0.2, -0.15) is 5.10 Å². The number of nitrogens with one attached hydrogen (secondary N) is 1. The van der Waals surface area contributed by atoms with E-state index in [1.165, 1.54) is 6.07 Å². The predicted octanol–water partition coefficient (Wildman–Crippen LogP) is 4.92. The van der Waals surface area contributed by atoms with Gasteiger partial charge in [0.05, 0.1) is 23.2 Å². The summed E-state index contributed by atoms with van der Waals surface area (Å²) in [5.74, 6) is -0.668. The number of aromatic carboxylic acids is 1. The van der Waals surface area contributed by atoms with Crippen molar-refractivity contribution in [2.45, 2.75) is 19.9 Å². The minimum Gasteiger partial charge on any atom is -0.478 e. The van der Waals surface area contributed by atoms with Crippen LogP contribution in [0.1, 0.15) is 34.5 Å². The molecule has 0 bridgehead atoms. The molecule has 8 nitrogen and oxygen atoms in total. The van der Waals surface area contributed by atoms with Crippen LogP contribution in [0.25, 0.3) is 33.5 Å². The molecule has 0 aliphatic heterocycles. The van der Waals surface area contributed by atoms with Gasteiger partial charge in [0.1, 0.15) is 11.3 Å². The molecule has 3 heterocycles. The van der Waals surface area contributed by atoms with Gasteiger partial charge >= 0.3 is 5.97 Å². The Labute approximate surface area is 194 Å². The molecule has 0 aliphatic rings. The summed E-state index contributed by atoms with van der Waals surface area (Å²) < 4.78 is 7.93. The van der Waals surface area contributed by atoms with Crippen LogP contribution in [0.3, 0.4) is 0 Å². The topological polar surface area (TPSA) is 110 Å². The van der Waals surface area contributed by atoms with Crippen LogP contribution in [0, 0.1) is 6.92 Å². The van der Waals surface area contributed by atoms with E-state index in [0.29, 0.717) is 33.8 Å². The first-order valence-corrected chi connectivity index (χ1v) is 10.8. The molecule has 0 amide bonds. The van der Waals surface area contributed by atoms with Crippen molar-refractivity contribution in [3.63, 3.8) is 0 Å². The van der Waals surface area contributed by atoms with Gasteiger partial charge in [-0.15, -0.1) is 0 Å². The number of carboxylic acid groups (broad SMARTS) is 1. The van der Waals surface area contributed by atoms with E-state index >= 15 is 0 Å². The second kappa shape index (κ2) is 8.15.